The minimum Gasteiger partial charge on any atom is -0.429 e. The van der Waals surface area contributed by atoms with Crippen molar-refractivity contribution < 1.29 is 14.3 Å². The molecular formula is C16H20N2O4. The topological polar surface area (TPSA) is 77.5 Å². The van der Waals surface area contributed by atoms with Gasteiger partial charge in [0, 0.05) is 18.7 Å². The van der Waals surface area contributed by atoms with Crippen LogP contribution in [-0.2, 0) is 11.5 Å². The molecule has 0 unspecified atom stereocenters. The van der Waals surface area contributed by atoms with Crippen LogP contribution in [0.25, 0.3) is 11.1 Å². The summed E-state index contributed by atoms with van der Waals surface area (Å²) in [5, 5.41) is 9.37. The third-order valence-electron chi connectivity index (χ3n) is 3.06. The summed E-state index contributed by atoms with van der Waals surface area (Å²) >= 11 is 0. The fourth-order valence-electron chi connectivity index (χ4n) is 1.94. The summed E-state index contributed by atoms with van der Waals surface area (Å²) in [6.45, 7) is 2.28. The summed E-state index contributed by atoms with van der Waals surface area (Å²) in [5.74, 6) is 6.52. The largest absolute Gasteiger partial charge is 0.429 e. The highest BCUT2D eigenvalue weighted by Gasteiger charge is 2.07. The lowest BCUT2D eigenvalue weighted by Gasteiger charge is -2.04. The molecule has 6 nitrogen and oxygen atoms in total. The minimum absolute atomic E-state index is 0.0472. The molecule has 0 radical (unpaired) electrons. The molecule has 0 aliphatic carbocycles. The number of rotatable bonds is 7. The van der Waals surface area contributed by atoms with E-state index in [4.69, 9.17) is 14.3 Å². The number of hydrogen-bond donors (Lipinski definition) is 1. The SMILES string of the molecule is CCCCCC#Cc1cc2cn(COCCO)c(=O)nc2o1. The average Bonchev–Trinajstić information content (AvgIpc) is 2.89. The number of unbranched alkanes of at least 4 members (excludes halogenated alkanes) is 3. The Labute approximate surface area is 128 Å². The van der Waals surface area contributed by atoms with Gasteiger partial charge in [-0.3, -0.25) is 4.57 Å². The average molecular weight is 304 g/mol. The van der Waals surface area contributed by atoms with Gasteiger partial charge in [-0.2, -0.15) is 4.98 Å². The molecule has 0 aliphatic rings. The number of fused-ring (bicyclic) bond motifs is 1. The second-order valence-electron chi connectivity index (χ2n) is 4.88. The Morgan fingerprint density at radius 1 is 1.45 bits per heavy atom. The Morgan fingerprint density at radius 2 is 2.32 bits per heavy atom. The number of aliphatic hydroxyl groups is 1. The predicted molar refractivity (Wildman–Crippen MR) is 82.3 cm³/mol. The Kier molecular flexibility index (Phi) is 6.19. The van der Waals surface area contributed by atoms with Crippen LogP contribution in [0, 0.1) is 11.8 Å². The molecule has 0 spiro atoms. The quantitative estimate of drug-likeness (QED) is 0.624. The maximum absolute atomic E-state index is 11.8. The molecule has 0 amide bonds. The normalized spacial score (nSPS) is 10.6. The van der Waals surface area contributed by atoms with Crippen LogP contribution in [-0.4, -0.2) is 27.9 Å². The standard InChI is InChI=1S/C16H20N2O4/c1-2-3-4-5-6-7-14-10-13-11-18(12-21-9-8-19)16(20)17-15(13)22-14/h10-11,19H,2-5,8-9,12H2,1H3. The molecule has 0 saturated heterocycles. The highest BCUT2D eigenvalue weighted by Crippen LogP contribution is 2.14. The van der Waals surface area contributed by atoms with Gasteiger partial charge in [-0.25, -0.2) is 4.79 Å². The van der Waals surface area contributed by atoms with Crippen molar-refractivity contribution >= 4 is 11.1 Å². The summed E-state index contributed by atoms with van der Waals surface area (Å²) in [6, 6.07) is 1.76. The lowest BCUT2D eigenvalue weighted by molar-refractivity contribution is 0.0460. The smallest absolute Gasteiger partial charge is 0.352 e. The van der Waals surface area contributed by atoms with E-state index in [-0.39, 0.29) is 25.7 Å². The van der Waals surface area contributed by atoms with Crippen molar-refractivity contribution in [3.05, 3.63) is 28.5 Å². The number of ether oxygens (including phenoxy) is 1. The van der Waals surface area contributed by atoms with Gasteiger partial charge in [-0.15, -0.1) is 0 Å². The van der Waals surface area contributed by atoms with Gasteiger partial charge in [0.1, 0.15) is 6.73 Å². The number of furan rings is 1. The van der Waals surface area contributed by atoms with Crippen LogP contribution in [0.15, 0.2) is 21.5 Å². The molecule has 0 saturated carbocycles. The molecule has 2 aromatic heterocycles. The maximum atomic E-state index is 11.8. The lowest BCUT2D eigenvalue weighted by Crippen LogP contribution is -2.23. The number of aliphatic hydroxyl groups excluding tert-OH is 1. The number of hydrogen-bond acceptors (Lipinski definition) is 5. The monoisotopic (exact) mass is 304 g/mol. The van der Waals surface area contributed by atoms with Crippen molar-refractivity contribution in [1.82, 2.24) is 9.55 Å². The van der Waals surface area contributed by atoms with Gasteiger partial charge in [0.05, 0.1) is 18.6 Å². The van der Waals surface area contributed by atoms with Crippen molar-refractivity contribution in [2.75, 3.05) is 13.2 Å². The molecule has 118 valence electrons. The van der Waals surface area contributed by atoms with Crippen molar-refractivity contribution in [3.8, 4) is 11.8 Å². The summed E-state index contributed by atoms with van der Waals surface area (Å²) in [5.41, 5.74) is -0.177. The summed E-state index contributed by atoms with van der Waals surface area (Å²) in [7, 11) is 0. The molecule has 6 heteroatoms. The van der Waals surface area contributed by atoms with Gasteiger partial charge in [0.25, 0.3) is 0 Å². The first kappa shape index (κ1) is 16.3. The van der Waals surface area contributed by atoms with E-state index in [0.29, 0.717) is 11.1 Å². The van der Waals surface area contributed by atoms with E-state index in [2.05, 4.69) is 23.7 Å². The van der Waals surface area contributed by atoms with Crippen molar-refractivity contribution in [2.24, 2.45) is 0 Å². The highest BCUT2D eigenvalue weighted by atomic mass is 16.5. The van der Waals surface area contributed by atoms with Crippen LogP contribution in [0.4, 0.5) is 0 Å². The molecule has 0 aromatic carbocycles. The van der Waals surface area contributed by atoms with Crippen molar-refractivity contribution in [2.45, 2.75) is 39.3 Å². The van der Waals surface area contributed by atoms with Crippen LogP contribution >= 0.6 is 0 Å². The van der Waals surface area contributed by atoms with E-state index in [9.17, 15) is 4.79 Å². The molecule has 0 fully saturated rings. The van der Waals surface area contributed by atoms with Gasteiger partial charge in [-0.1, -0.05) is 25.7 Å². The first-order valence-electron chi connectivity index (χ1n) is 7.43. The summed E-state index contributed by atoms with van der Waals surface area (Å²) < 4.78 is 11.9. The molecule has 2 aromatic rings. The van der Waals surface area contributed by atoms with Crippen molar-refractivity contribution in [1.29, 1.82) is 0 Å². The molecule has 1 N–H and O–H groups in total. The Bertz CT molecular complexity index is 721. The zero-order valence-corrected chi connectivity index (χ0v) is 12.7. The van der Waals surface area contributed by atoms with E-state index < -0.39 is 5.69 Å². The Morgan fingerprint density at radius 3 is 3.09 bits per heavy atom. The number of nitrogens with zero attached hydrogens (tertiary/aromatic N) is 2. The molecule has 2 heterocycles. The maximum Gasteiger partial charge on any atom is 0.352 e. The zero-order valence-electron chi connectivity index (χ0n) is 12.7. The third kappa shape index (κ3) is 4.45. The first-order valence-corrected chi connectivity index (χ1v) is 7.43. The van der Waals surface area contributed by atoms with Gasteiger partial charge >= 0.3 is 5.69 Å². The van der Waals surface area contributed by atoms with E-state index in [1.54, 1.807) is 12.3 Å². The van der Waals surface area contributed by atoms with E-state index in [0.717, 1.165) is 12.8 Å². The molecule has 0 bridgehead atoms. The minimum atomic E-state index is -0.456. The zero-order chi connectivity index (χ0) is 15.8. The molecule has 0 aliphatic heterocycles. The van der Waals surface area contributed by atoms with Gasteiger partial charge in [0.2, 0.25) is 5.71 Å². The Balaban J connectivity index is 2.11. The van der Waals surface area contributed by atoms with E-state index in [1.807, 2.05) is 0 Å². The second kappa shape index (κ2) is 8.37. The van der Waals surface area contributed by atoms with Crippen LogP contribution < -0.4 is 5.69 Å². The molecular weight excluding hydrogens is 284 g/mol. The fraction of sp³-hybridized carbons (Fsp3) is 0.500. The van der Waals surface area contributed by atoms with Crippen LogP contribution in [0.5, 0.6) is 0 Å². The molecule has 22 heavy (non-hydrogen) atoms. The van der Waals surface area contributed by atoms with Crippen LogP contribution in [0.3, 0.4) is 0 Å². The first-order chi connectivity index (χ1) is 10.7. The fourth-order valence-corrected chi connectivity index (χ4v) is 1.94. The highest BCUT2D eigenvalue weighted by molar-refractivity contribution is 5.73. The number of aromatic nitrogens is 2. The third-order valence-corrected chi connectivity index (χ3v) is 3.06. The van der Waals surface area contributed by atoms with Gasteiger partial charge < -0.3 is 14.3 Å². The Hall–Kier alpha value is -2.10. The van der Waals surface area contributed by atoms with Gasteiger partial charge in [-0.05, 0) is 12.3 Å². The summed E-state index contributed by atoms with van der Waals surface area (Å²) in [6.07, 6.45) is 5.87. The van der Waals surface area contributed by atoms with E-state index in [1.165, 1.54) is 17.4 Å². The molecule has 0 atom stereocenters. The van der Waals surface area contributed by atoms with Crippen LogP contribution in [0.1, 0.15) is 38.4 Å². The van der Waals surface area contributed by atoms with Crippen LogP contribution in [0.2, 0.25) is 0 Å². The predicted octanol–water partition coefficient (Wildman–Crippen LogP) is 1.89. The van der Waals surface area contributed by atoms with Gasteiger partial charge in [0.15, 0.2) is 5.76 Å². The molecule has 2 rings (SSSR count). The van der Waals surface area contributed by atoms with Crippen molar-refractivity contribution in [3.63, 3.8) is 0 Å². The second-order valence-corrected chi connectivity index (χ2v) is 4.88. The van der Waals surface area contributed by atoms with E-state index >= 15 is 0 Å². The summed E-state index contributed by atoms with van der Waals surface area (Å²) in [4.78, 5) is 15.6. The lowest BCUT2D eigenvalue weighted by atomic mass is 10.2.